The number of rotatable bonds is 4. The van der Waals surface area contributed by atoms with Gasteiger partial charge < -0.3 is 72.1 Å². The van der Waals surface area contributed by atoms with E-state index in [9.17, 15) is 25.5 Å². The Morgan fingerprint density at radius 1 is 0.313 bits per heavy atom. The number of ether oxygens (including phenoxy) is 5. The van der Waals surface area contributed by atoms with Crippen molar-refractivity contribution in [1.29, 1.82) is 0 Å². The number of phenols is 5. The number of para-hydroxylation sites is 5. The maximum atomic E-state index is 16.5. The summed E-state index contributed by atoms with van der Waals surface area (Å²) in [7, 11) is 9.12. The third kappa shape index (κ3) is 9.67. The van der Waals surface area contributed by atoms with Gasteiger partial charge in [-0.05, 0) is 168 Å². The number of nitrogens with zero attached hydrogens (tertiary/aromatic N) is 5. The van der Waals surface area contributed by atoms with Crippen molar-refractivity contribution in [3.63, 3.8) is 0 Å². The van der Waals surface area contributed by atoms with Crippen molar-refractivity contribution >= 4 is 115 Å². The fourth-order valence-corrected chi connectivity index (χ4v) is 21.0. The van der Waals surface area contributed by atoms with Crippen LogP contribution in [0.4, 0.5) is 0 Å². The van der Waals surface area contributed by atoms with Crippen LogP contribution >= 0.6 is 0 Å². The van der Waals surface area contributed by atoms with Gasteiger partial charge in [0.2, 0.25) is 27.1 Å². The molecule has 580 valence electrons. The summed E-state index contributed by atoms with van der Waals surface area (Å²) in [6, 6.07) is 37.2. The third-order valence-electron chi connectivity index (χ3n) is 25.6. The van der Waals surface area contributed by atoms with Crippen LogP contribution in [0.3, 0.4) is 0 Å². The molecule has 10 heterocycles. The minimum absolute atomic E-state index is 0.0126. The highest BCUT2D eigenvalue weighted by Crippen LogP contribution is 2.66. The molecule has 0 aliphatic carbocycles. The number of benzene rings is 10. The second kappa shape index (κ2) is 23.5. The monoisotopic (exact) mass is 1540 g/mol. The lowest BCUT2D eigenvalue weighted by atomic mass is 9.70. The predicted molar refractivity (Wildman–Crippen MR) is 450 cm³/mol. The largest absolute Gasteiger partial charge is 0.507 e. The predicted octanol–water partition coefficient (Wildman–Crippen LogP) is 17.2. The molecule has 5 aliphatic heterocycles. The highest BCUT2D eigenvalue weighted by molar-refractivity contribution is 6.09. The van der Waals surface area contributed by atoms with E-state index in [0.717, 1.165) is 0 Å². The van der Waals surface area contributed by atoms with Crippen LogP contribution in [0.1, 0.15) is 169 Å². The summed E-state index contributed by atoms with van der Waals surface area (Å²) >= 11 is 0. The molecule has 20 rings (SSSR count). The molecule has 5 aromatic heterocycles. The average molecular weight is 1540 g/mol. The lowest BCUT2D eigenvalue weighted by Gasteiger charge is -2.46. The Bertz CT molecular complexity index is 7470. The molecule has 0 amide bonds. The van der Waals surface area contributed by atoms with Crippen molar-refractivity contribution in [2.45, 2.75) is 147 Å². The van der Waals surface area contributed by atoms with Gasteiger partial charge in [-0.1, -0.05) is 60.7 Å². The number of fused-ring (bicyclic) bond motifs is 20. The molecule has 0 spiro atoms. The first kappa shape index (κ1) is 71.3. The maximum Gasteiger partial charge on any atom is 0.200 e. The van der Waals surface area contributed by atoms with E-state index in [1.54, 1.807) is 60.7 Å². The number of aromatic nitrogens is 5. The van der Waals surface area contributed by atoms with Gasteiger partial charge in [0.25, 0.3) is 0 Å². The van der Waals surface area contributed by atoms with Crippen molar-refractivity contribution in [2.24, 2.45) is 35.2 Å². The molecule has 20 heteroatoms. The van der Waals surface area contributed by atoms with E-state index in [1.165, 1.54) is 6.07 Å². The van der Waals surface area contributed by atoms with Gasteiger partial charge in [0.05, 0.1) is 82.1 Å². The van der Waals surface area contributed by atoms with Crippen LogP contribution in [0.2, 0.25) is 0 Å². The normalized spacial score (nSPS) is 19.4. The summed E-state index contributed by atoms with van der Waals surface area (Å²) < 4.78 is 46.4. The molecular formula is C95H85N5O15. The van der Waals surface area contributed by atoms with Crippen LogP contribution in [-0.4, -0.2) is 76.4 Å². The van der Waals surface area contributed by atoms with Gasteiger partial charge in [0.15, 0.2) is 0 Å². The highest BCUT2D eigenvalue weighted by Gasteiger charge is 2.53. The Labute approximate surface area is 657 Å². The van der Waals surface area contributed by atoms with Gasteiger partial charge >= 0.3 is 0 Å². The topological polar surface area (TPSA) is 257 Å². The van der Waals surface area contributed by atoms with E-state index in [4.69, 9.17) is 23.7 Å². The molecule has 115 heavy (non-hydrogen) atoms. The lowest BCUT2D eigenvalue weighted by Crippen LogP contribution is -2.40. The van der Waals surface area contributed by atoms with E-state index in [-0.39, 0.29) is 137 Å². The summed E-state index contributed by atoms with van der Waals surface area (Å²) in [5.74, 6) is -5.30. The van der Waals surface area contributed by atoms with E-state index in [1.807, 2.05) is 200 Å². The van der Waals surface area contributed by atoms with Gasteiger partial charge in [-0.25, -0.2) is 0 Å². The molecule has 0 saturated heterocycles. The van der Waals surface area contributed by atoms with Crippen molar-refractivity contribution < 1.29 is 49.2 Å². The van der Waals surface area contributed by atoms with Crippen LogP contribution in [0.5, 0.6) is 57.5 Å². The van der Waals surface area contributed by atoms with Crippen LogP contribution in [0.25, 0.3) is 115 Å². The van der Waals surface area contributed by atoms with Crippen molar-refractivity contribution in [3.8, 4) is 57.5 Å². The molecule has 0 saturated carbocycles. The Kier molecular flexibility index (Phi) is 14.6. The Morgan fingerprint density at radius 3 is 0.904 bits per heavy atom. The van der Waals surface area contributed by atoms with Gasteiger partial charge in [0.1, 0.15) is 85.5 Å². The van der Waals surface area contributed by atoms with Gasteiger partial charge in [-0.3, -0.25) is 24.0 Å². The van der Waals surface area contributed by atoms with Crippen LogP contribution in [0.15, 0.2) is 157 Å². The molecule has 10 aromatic carbocycles. The van der Waals surface area contributed by atoms with E-state index in [2.05, 4.69) is 0 Å². The number of hydrogen-bond acceptors (Lipinski definition) is 15. The number of hydrogen-bond donors (Lipinski definition) is 5. The second-order valence-corrected chi connectivity index (χ2v) is 35.5. The Hall–Kier alpha value is -12.7. The highest BCUT2D eigenvalue weighted by atomic mass is 16.5. The molecule has 4 atom stereocenters. The first-order chi connectivity index (χ1) is 54.5. The molecule has 0 bridgehead atoms. The lowest BCUT2D eigenvalue weighted by molar-refractivity contribution is 0.0609. The minimum Gasteiger partial charge on any atom is -0.507 e. The smallest absolute Gasteiger partial charge is 0.200 e. The van der Waals surface area contributed by atoms with Crippen molar-refractivity contribution in [1.82, 2.24) is 22.8 Å². The van der Waals surface area contributed by atoms with Gasteiger partial charge in [0, 0.05) is 142 Å². The Balaban J connectivity index is 0.951. The number of aromatic hydroxyl groups is 5. The molecule has 5 aliphatic rings. The van der Waals surface area contributed by atoms with Crippen molar-refractivity contribution in [3.05, 3.63) is 235 Å². The van der Waals surface area contributed by atoms with Crippen molar-refractivity contribution in [2.75, 3.05) is 0 Å². The van der Waals surface area contributed by atoms with Gasteiger partial charge in [-0.2, -0.15) is 0 Å². The summed E-state index contributed by atoms with van der Waals surface area (Å²) in [4.78, 5) is 79.7. The van der Waals surface area contributed by atoms with Crippen LogP contribution in [-0.2, 0) is 35.2 Å². The second-order valence-electron chi connectivity index (χ2n) is 35.5. The minimum atomic E-state index is -1.31. The molecule has 4 unspecified atom stereocenters. The number of aryl methyl sites for hydroxylation is 5. The summed E-state index contributed by atoms with van der Waals surface area (Å²) in [5.41, 5.74) is -1.27. The first-order valence-corrected chi connectivity index (χ1v) is 39.1. The number of pyridine rings is 5. The molecule has 5 N–H and O–H groups in total. The average Bonchev–Trinajstić information content (AvgIpc) is 0.684. The summed E-state index contributed by atoms with van der Waals surface area (Å²) in [6.45, 7) is 19.1. The zero-order valence-electron chi connectivity index (χ0n) is 66.5. The molecule has 0 fully saturated rings. The van der Waals surface area contributed by atoms with E-state index < -0.39 is 96.1 Å². The Morgan fingerprint density at radius 2 is 0.574 bits per heavy atom. The van der Waals surface area contributed by atoms with E-state index in [0.29, 0.717) is 88.3 Å². The summed E-state index contributed by atoms with van der Waals surface area (Å²) in [5, 5.41) is 70.3. The zero-order valence-corrected chi connectivity index (χ0v) is 66.5. The standard InChI is InChI=1S/C95H85N5O15/c1-91(2)37-36-48-73-69(79(103)44-27-17-21-31-53(44)96(73)11)83(107)64(87(48)112-91)50-40-93(5,6)114-89-61(50)75-71(81(105)46-29-19-23-33-55(46)98(75)13)85(109)66(89)52-42-95(9,10)115-90-63(52)77-72(82(106)47-30-20-25-35-57(47)100(77)15)86(110)67(90)51-41-94(7,8)113-88-62(51)76-70(80(104)45-28-18-24-34-56(45)99(76)14)84(108)65(88)49-39-92(3,4)111-59-38-58(101)68-74(60(49)59)97(12)54-32-22-16-26-43(54)78(68)102/h16-38,49-52,101,107-110H,39-42H2,1-15H3. The van der Waals surface area contributed by atoms with E-state index >= 15 is 24.0 Å². The molecule has 0 radical (unpaired) electrons. The third-order valence-corrected chi connectivity index (χ3v) is 25.6. The van der Waals surface area contributed by atoms with Gasteiger partial charge in [-0.15, -0.1) is 0 Å². The quantitative estimate of drug-likeness (QED) is 0.103. The summed E-state index contributed by atoms with van der Waals surface area (Å²) in [6.07, 6.45) is 4.15. The number of phenolic OH excluding ortho intramolecular Hbond substituents is 5. The fraction of sp³-hybridized carbons (Fsp3) is 0.295. The SMILES string of the molecule is Cn1c2ccccc2c(=O)c2c(O)c(C3CC(C)(C)Oc4c(C5CC(C)(C)Oc6c(C7CC(C)(C)Oc8c(C9CC(C)(C)Oc%10cc(O)c%11c(=O)c%12ccccc%12n(C)c%11c%109)c(O)c9c(=O)c%10ccccc%10n(C)c9c87)c(O)c7c(=O)c8ccccc8n(C)c7c65)c(O)c5c(=O)c6ccccc6n(C)c5c43)c3c(c21)C=CC(C)(C)O3. The maximum absolute atomic E-state index is 16.5. The van der Waals surface area contributed by atoms with Crippen LogP contribution in [0, 0.1) is 0 Å². The molecule has 20 nitrogen and oxygen atoms in total. The fourth-order valence-electron chi connectivity index (χ4n) is 21.0. The first-order valence-electron chi connectivity index (χ1n) is 39.1. The molecular weight excluding hydrogens is 1450 g/mol. The molecule has 15 aromatic rings. The zero-order chi connectivity index (χ0) is 80.7. The van der Waals surface area contributed by atoms with Crippen LogP contribution < -0.4 is 50.8 Å².